The number of likely N-dealkylation sites (tertiary alicyclic amines) is 1. The maximum Gasteiger partial charge on any atom is 0.227 e. The van der Waals surface area contributed by atoms with Crippen molar-refractivity contribution in [1.82, 2.24) is 19.9 Å². The fraction of sp³-hybridized carbons (Fsp3) is 0.211. The van der Waals surface area contributed by atoms with Crippen LogP contribution in [0, 0.1) is 0 Å². The average Bonchev–Trinajstić information content (AvgIpc) is 3.09. The summed E-state index contributed by atoms with van der Waals surface area (Å²) in [6.07, 6.45) is 3.95. The number of carbonyl (C=O) groups excluding carboxylic acids is 1. The number of nitrogens with zero attached hydrogens (tertiary/aromatic N) is 4. The Morgan fingerprint density at radius 2 is 1.71 bits per heavy atom. The molecule has 0 atom stereocenters. The number of carbonyl (C=O) groups is 1. The molecule has 1 aromatic heterocycles. The first-order chi connectivity index (χ1) is 11.8. The predicted octanol–water partition coefficient (Wildman–Crippen LogP) is 2.57. The number of amides is 1. The Morgan fingerprint density at radius 3 is 2.38 bits per heavy atom. The number of rotatable bonds is 4. The van der Waals surface area contributed by atoms with E-state index in [1.165, 1.54) is 11.1 Å². The molecule has 2 aromatic carbocycles. The molecule has 0 N–H and O–H groups in total. The molecule has 120 valence electrons. The van der Waals surface area contributed by atoms with E-state index < -0.39 is 0 Å². The lowest BCUT2D eigenvalue weighted by atomic mass is 10.0. The fourth-order valence-corrected chi connectivity index (χ4v) is 2.97. The summed E-state index contributed by atoms with van der Waals surface area (Å²) in [5.74, 6) is 0.166. The minimum atomic E-state index is 0.166. The number of hydrogen-bond acceptors (Lipinski definition) is 3. The monoisotopic (exact) mass is 318 g/mol. The third-order valence-electron chi connectivity index (χ3n) is 4.45. The van der Waals surface area contributed by atoms with Gasteiger partial charge in [-0.3, -0.25) is 4.79 Å². The van der Waals surface area contributed by atoms with Gasteiger partial charge in [-0.15, -0.1) is 5.10 Å². The molecular weight excluding hydrogens is 300 g/mol. The lowest BCUT2D eigenvalue weighted by molar-refractivity contribution is -0.136. The van der Waals surface area contributed by atoms with Crippen molar-refractivity contribution in [3.8, 4) is 11.1 Å². The van der Waals surface area contributed by atoms with Crippen LogP contribution in [-0.4, -0.2) is 38.9 Å². The summed E-state index contributed by atoms with van der Waals surface area (Å²) in [6, 6.07) is 18.7. The lowest BCUT2D eigenvalue weighted by Gasteiger charge is -2.38. The van der Waals surface area contributed by atoms with Gasteiger partial charge in [0.05, 0.1) is 18.7 Å². The molecule has 24 heavy (non-hydrogen) atoms. The van der Waals surface area contributed by atoms with E-state index in [1.807, 2.05) is 46.1 Å². The van der Waals surface area contributed by atoms with Gasteiger partial charge in [-0.25, -0.2) is 4.68 Å². The molecule has 5 heteroatoms. The van der Waals surface area contributed by atoms with Crippen LogP contribution in [0.15, 0.2) is 67.0 Å². The van der Waals surface area contributed by atoms with Gasteiger partial charge in [-0.05, 0) is 16.7 Å². The van der Waals surface area contributed by atoms with E-state index in [0.717, 1.165) is 5.56 Å². The molecule has 5 nitrogen and oxygen atoms in total. The molecule has 3 aromatic rings. The molecule has 1 saturated heterocycles. The van der Waals surface area contributed by atoms with Crippen LogP contribution in [0.4, 0.5) is 0 Å². The molecule has 0 radical (unpaired) electrons. The van der Waals surface area contributed by atoms with E-state index in [-0.39, 0.29) is 11.9 Å². The van der Waals surface area contributed by atoms with Crippen molar-refractivity contribution in [2.45, 2.75) is 12.5 Å². The maximum atomic E-state index is 12.3. The van der Waals surface area contributed by atoms with Crippen LogP contribution in [0.25, 0.3) is 11.1 Å². The second-order valence-electron chi connectivity index (χ2n) is 6.08. The predicted molar refractivity (Wildman–Crippen MR) is 91.2 cm³/mol. The van der Waals surface area contributed by atoms with Gasteiger partial charge in [0.1, 0.15) is 0 Å². The molecule has 0 bridgehead atoms. The zero-order chi connectivity index (χ0) is 16.4. The molecule has 0 spiro atoms. The SMILES string of the molecule is O=C(Cc1ccc(-c2ccccc2)cc1)N1CC(n2ccnn2)C1. The Labute approximate surface area is 140 Å². The first kappa shape index (κ1) is 14.6. The van der Waals surface area contributed by atoms with E-state index in [2.05, 4.69) is 34.6 Å². The van der Waals surface area contributed by atoms with E-state index in [0.29, 0.717) is 19.5 Å². The second kappa shape index (κ2) is 6.28. The van der Waals surface area contributed by atoms with Gasteiger partial charge in [0.15, 0.2) is 0 Å². The van der Waals surface area contributed by atoms with Gasteiger partial charge in [-0.2, -0.15) is 0 Å². The van der Waals surface area contributed by atoms with Crippen molar-refractivity contribution in [1.29, 1.82) is 0 Å². The molecule has 1 aliphatic rings. The van der Waals surface area contributed by atoms with Crippen LogP contribution in [0.2, 0.25) is 0 Å². The van der Waals surface area contributed by atoms with Crippen LogP contribution < -0.4 is 0 Å². The second-order valence-corrected chi connectivity index (χ2v) is 6.08. The summed E-state index contributed by atoms with van der Waals surface area (Å²) in [7, 11) is 0. The first-order valence-electron chi connectivity index (χ1n) is 8.07. The average molecular weight is 318 g/mol. The van der Waals surface area contributed by atoms with Crippen molar-refractivity contribution >= 4 is 5.91 Å². The minimum Gasteiger partial charge on any atom is -0.338 e. The van der Waals surface area contributed by atoms with Crippen LogP contribution in [-0.2, 0) is 11.2 Å². The highest BCUT2D eigenvalue weighted by atomic mass is 16.2. The highest BCUT2D eigenvalue weighted by molar-refractivity contribution is 5.80. The van der Waals surface area contributed by atoms with Crippen molar-refractivity contribution < 1.29 is 4.79 Å². The van der Waals surface area contributed by atoms with E-state index in [1.54, 1.807) is 6.20 Å². The summed E-state index contributed by atoms with van der Waals surface area (Å²) in [6.45, 7) is 1.43. The molecule has 1 amide bonds. The van der Waals surface area contributed by atoms with E-state index in [4.69, 9.17) is 0 Å². The maximum absolute atomic E-state index is 12.3. The van der Waals surface area contributed by atoms with Crippen LogP contribution in [0.1, 0.15) is 11.6 Å². The van der Waals surface area contributed by atoms with Crippen molar-refractivity contribution in [2.24, 2.45) is 0 Å². The Balaban J connectivity index is 1.35. The van der Waals surface area contributed by atoms with Crippen molar-refractivity contribution in [2.75, 3.05) is 13.1 Å². The van der Waals surface area contributed by atoms with Gasteiger partial charge in [0, 0.05) is 19.3 Å². The summed E-state index contributed by atoms with van der Waals surface area (Å²) in [5.41, 5.74) is 3.40. The number of benzene rings is 2. The summed E-state index contributed by atoms with van der Waals surface area (Å²) >= 11 is 0. The molecule has 2 heterocycles. The zero-order valence-electron chi connectivity index (χ0n) is 13.2. The summed E-state index contributed by atoms with van der Waals surface area (Å²) < 4.78 is 1.82. The Bertz CT molecular complexity index is 806. The molecular formula is C19H18N4O. The highest BCUT2D eigenvalue weighted by Crippen LogP contribution is 2.22. The van der Waals surface area contributed by atoms with Crippen molar-refractivity contribution in [3.05, 3.63) is 72.6 Å². The molecule has 1 fully saturated rings. The Kier molecular flexibility index (Phi) is 3.83. The molecule has 0 unspecified atom stereocenters. The minimum absolute atomic E-state index is 0.166. The van der Waals surface area contributed by atoms with E-state index in [9.17, 15) is 4.79 Å². The summed E-state index contributed by atoms with van der Waals surface area (Å²) in [4.78, 5) is 14.2. The van der Waals surface area contributed by atoms with Gasteiger partial charge in [-0.1, -0.05) is 59.8 Å². The Morgan fingerprint density at radius 1 is 1.00 bits per heavy atom. The quantitative estimate of drug-likeness (QED) is 0.743. The molecule has 4 rings (SSSR count). The third-order valence-corrected chi connectivity index (χ3v) is 4.45. The molecule has 1 aliphatic heterocycles. The number of hydrogen-bond donors (Lipinski definition) is 0. The standard InChI is InChI=1S/C19H18N4O/c24-19(22-13-18(14-22)23-11-10-20-21-23)12-15-6-8-17(9-7-15)16-4-2-1-3-5-16/h1-11,18H,12-14H2. The fourth-order valence-electron chi connectivity index (χ4n) is 2.97. The first-order valence-corrected chi connectivity index (χ1v) is 8.07. The largest absolute Gasteiger partial charge is 0.338 e. The van der Waals surface area contributed by atoms with Crippen LogP contribution >= 0.6 is 0 Å². The molecule has 0 aliphatic carbocycles. The zero-order valence-corrected chi connectivity index (χ0v) is 13.2. The smallest absolute Gasteiger partial charge is 0.227 e. The van der Waals surface area contributed by atoms with Crippen molar-refractivity contribution in [3.63, 3.8) is 0 Å². The van der Waals surface area contributed by atoms with Gasteiger partial charge in [0.2, 0.25) is 5.91 Å². The van der Waals surface area contributed by atoms with Gasteiger partial charge >= 0.3 is 0 Å². The lowest BCUT2D eigenvalue weighted by Crippen LogP contribution is -2.51. The topological polar surface area (TPSA) is 51.0 Å². The normalized spacial score (nSPS) is 14.4. The van der Waals surface area contributed by atoms with Crippen LogP contribution in [0.3, 0.4) is 0 Å². The third kappa shape index (κ3) is 2.93. The summed E-state index contributed by atoms with van der Waals surface area (Å²) in [5, 5.41) is 7.79. The van der Waals surface area contributed by atoms with Gasteiger partial charge in [0.25, 0.3) is 0 Å². The Hall–Kier alpha value is -2.95. The molecule has 0 saturated carbocycles. The van der Waals surface area contributed by atoms with Crippen LogP contribution in [0.5, 0.6) is 0 Å². The van der Waals surface area contributed by atoms with Gasteiger partial charge < -0.3 is 4.90 Å². The highest BCUT2D eigenvalue weighted by Gasteiger charge is 2.32. The number of aromatic nitrogens is 3. The van der Waals surface area contributed by atoms with E-state index >= 15 is 0 Å².